The maximum Gasteiger partial charge on any atom is 0.310 e. The summed E-state index contributed by atoms with van der Waals surface area (Å²) < 4.78 is 25.5. The number of tetrazole rings is 1. The molecule has 0 spiro atoms. The Hall–Kier alpha value is -1.60. The molecule has 8 heteroatoms. The highest BCUT2D eigenvalue weighted by Crippen LogP contribution is 2.21. The van der Waals surface area contributed by atoms with Crippen molar-refractivity contribution in [2.24, 2.45) is 5.41 Å². The molecule has 0 radical (unpaired) electrons. The van der Waals surface area contributed by atoms with Crippen LogP contribution in [-0.4, -0.2) is 31.3 Å². The fourth-order valence-electron chi connectivity index (χ4n) is 0.923. The molecule has 0 amide bonds. The summed E-state index contributed by atoms with van der Waals surface area (Å²) in [6.45, 7) is 2.62. The van der Waals surface area contributed by atoms with E-state index in [2.05, 4.69) is 15.5 Å². The van der Waals surface area contributed by atoms with Gasteiger partial charge in [-0.25, -0.2) is 13.5 Å². The van der Waals surface area contributed by atoms with E-state index in [4.69, 9.17) is 5.11 Å². The van der Waals surface area contributed by atoms with Gasteiger partial charge in [0.2, 0.25) is 5.82 Å². The van der Waals surface area contributed by atoms with Gasteiger partial charge >= 0.3 is 5.97 Å². The van der Waals surface area contributed by atoms with E-state index in [0.29, 0.717) is 0 Å². The SMILES string of the molecule is CC(C)(Cn1nnnc1C(F)F)C(=O)O. The van der Waals surface area contributed by atoms with Gasteiger partial charge in [-0.3, -0.25) is 4.79 Å². The van der Waals surface area contributed by atoms with Crippen LogP contribution in [0.4, 0.5) is 8.78 Å². The summed E-state index contributed by atoms with van der Waals surface area (Å²) >= 11 is 0. The molecule has 1 N–H and O–H groups in total. The first-order valence-electron chi connectivity index (χ1n) is 4.12. The molecule has 0 aromatic carbocycles. The van der Waals surface area contributed by atoms with Crippen LogP contribution in [0.15, 0.2) is 0 Å². The molecular formula is C7H10F2N4O2. The highest BCUT2D eigenvalue weighted by atomic mass is 19.3. The van der Waals surface area contributed by atoms with E-state index in [1.807, 2.05) is 0 Å². The summed E-state index contributed by atoms with van der Waals surface area (Å²) in [5.74, 6) is -1.72. The molecule has 0 saturated carbocycles. The number of alkyl halides is 2. The molecule has 0 saturated heterocycles. The number of rotatable bonds is 4. The lowest BCUT2D eigenvalue weighted by Crippen LogP contribution is -2.30. The number of aromatic nitrogens is 4. The average Bonchev–Trinajstić information content (AvgIpc) is 2.51. The summed E-state index contributed by atoms with van der Waals surface area (Å²) in [6.07, 6.45) is -2.82. The van der Waals surface area contributed by atoms with E-state index in [1.165, 1.54) is 13.8 Å². The maximum absolute atomic E-state index is 12.3. The van der Waals surface area contributed by atoms with Crippen molar-refractivity contribution in [3.8, 4) is 0 Å². The van der Waals surface area contributed by atoms with Gasteiger partial charge < -0.3 is 5.11 Å². The Labute approximate surface area is 83.9 Å². The lowest BCUT2D eigenvalue weighted by Gasteiger charge is -2.18. The van der Waals surface area contributed by atoms with E-state index in [9.17, 15) is 13.6 Å². The van der Waals surface area contributed by atoms with Crippen molar-refractivity contribution in [2.45, 2.75) is 26.8 Å². The second-order valence-corrected chi connectivity index (χ2v) is 3.68. The number of aliphatic carboxylic acids is 1. The molecule has 6 nitrogen and oxygen atoms in total. The van der Waals surface area contributed by atoms with Crippen LogP contribution in [-0.2, 0) is 11.3 Å². The number of carbonyl (C=O) groups is 1. The molecule has 84 valence electrons. The Morgan fingerprint density at radius 1 is 1.60 bits per heavy atom. The summed E-state index contributed by atoms with van der Waals surface area (Å²) in [7, 11) is 0. The van der Waals surface area contributed by atoms with E-state index < -0.39 is 23.6 Å². The van der Waals surface area contributed by atoms with Crippen molar-refractivity contribution in [1.29, 1.82) is 0 Å². The minimum atomic E-state index is -2.82. The normalized spacial score (nSPS) is 12.1. The third kappa shape index (κ3) is 2.45. The summed E-state index contributed by atoms with van der Waals surface area (Å²) in [6, 6.07) is 0. The summed E-state index contributed by atoms with van der Waals surface area (Å²) in [5.41, 5.74) is -1.20. The van der Waals surface area contributed by atoms with E-state index in [1.54, 1.807) is 0 Å². The van der Waals surface area contributed by atoms with Crippen molar-refractivity contribution in [3.63, 3.8) is 0 Å². The largest absolute Gasteiger partial charge is 0.481 e. The molecule has 1 aromatic rings. The minimum Gasteiger partial charge on any atom is -0.481 e. The monoisotopic (exact) mass is 220 g/mol. The highest BCUT2D eigenvalue weighted by molar-refractivity contribution is 5.73. The number of carboxylic acid groups (broad SMARTS) is 1. The van der Waals surface area contributed by atoms with Crippen LogP contribution in [0.25, 0.3) is 0 Å². The highest BCUT2D eigenvalue weighted by Gasteiger charge is 2.30. The molecule has 0 atom stereocenters. The van der Waals surface area contributed by atoms with Crippen molar-refractivity contribution >= 4 is 5.97 Å². The van der Waals surface area contributed by atoms with Crippen LogP contribution in [0.2, 0.25) is 0 Å². The molecule has 0 aliphatic rings. The molecule has 0 bridgehead atoms. The smallest absolute Gasteiger partial charge is 0.310 e. The topological polar surface area (TPSA) is 80.9 Å². The van der Waals surface area contributed by atoms with Crippen molar-refractivity contribution in [1.82, 2.24) is 20.2 Å². The second kappa shape index (κ2) is 3.87. The Morgan fingerprint density at radius 3 is 2.67 bits per heavy atom. The Kier molecular flexibility index (Phi) is 2.96. The van der Waals surface area contributed by atoms with Crippen molar-refractivity contribution in [3.05, 3.63) is 5.82 Å². The molecule has 1 rings (SSSR count). The fraction of sp³-hybridized carbons (Fsp3) is 0.714. The summed E-state index contributed by atoms with van der Waals surface area (Å²) in [4.78, 5) is 10.8. The van der Waals surface area contributed by atoms with Crippen LogP contribution in [0.3, 0.4) is 0 Å². The lowest BCUT2D eigenvalue weighted by molar-refractivity contribution is -0.147. The van der Waals surface area contributed by atoms with Gasteiger partial charge in [0.05, 0.1) is 12.0 Å². The van der Waals surface area contributed by atoms with E-state index >= 15 is 0 Å². The fourth-order valence-corrected chi connectivity index (χ4v) is 0.923. The number of nitrogens with zero attached hydrogens (tertiary/aromatic N) is 4. The zero-order chi connectivity index (χ0) is 11.6. The van der Waals surface area contributed by atoms with Crippen LogP contribution in [0.5, 0.6) is 0 Å². The van der Waals surface area contributed by atoms with Gasteiger partial charge in [0.1, 0.15) is 0 Å². The molecule has 15 heavy (non-hydrogen) atoms. The maximum atomic E-state index is 12.3. The van der Waals surface area contributed by atoms with E-state index in [-0.39, 0.29) is 6.54 Å². The zero-order valence-corrected chi connectivity index (χ0v) is 8.18. The predicted octanol–water partition coefficient (Wildman–Crippen LogP) is 0.721. The molecule has 0 aliphatic carbocycles. The van der Waals surface area contributed by atoms with Gasteiger partial charge in [0.15, 0.2) is 0 Å². The van der Waals surface area contributed by atoms with Gasteiger partial charge in [-0.05, 0) is 24.3 Å². The number of hydrogen-bond acceptors (Lipinski definition) is 4. The Bertz CT molecular complexity index is 364. The average molecular weight is 220 g/mol. The molecule has 1 heterocycles. The first-order chi connectivity index (χ1) is 6.84. The zero-order valence-electron chi connectivity index (χ0n) is 8.18. The van der Waals surface area contributed by atoms with Crippen LogP contribution in [0.1, 0.15) is 26.1 Å². The lowest BCUT2D eigenvalue weighted by atomic mass is 9.94. The second-order valence-electron chi connectivity index (χ2n) is 3.68. The number of carboxylic acids is 1. The first kappa shape index (κ1) is 11.5. The predicted molar refractivity (Wildman–Crippen MR) is 44.2 cm³/mol. The molecule has 1 aromatic heterocycles. The summed E-state index contributed by atoms with van der Waals surface area (Å²) in [5, 5.41) is 18.3. The molecule has 0 fully saturated rings. The van der Waals surface area contributed by atoms with Crippen molar-refractivity contribution in [2.75, 3.05) is 0 Å². The van der Waals surface area contributed by atoms with Gasteiger partial charge in [-0.15, -0.1) is 5.10 Å². The van der Waals surface area contributed by atoms with Gasteiger partial charge in [-0.2, -0.15) is 0 Å². The standard InChI is InChI=1S/C7H10F2N4O2/c1-7(2,6(14)15)3-13-5(4(8)9)10-11-12-13/h4H,3H2,1-2H3,(H,14,15). The Morgan fingerprint density at radius 2 is 2.20 bits per heavy atom. The van der Waals surface area contributed by atoms with E-state index in [0.717, 1.165) is 4.68 Å². The number of hydrogen-bond donors (Lipinski definition) is 1. The van der Waals surface area contributed by atoms with Crippen LogP contribution < -0.4 is 0 Å². The first-order valence-corrected chi connectivity index (χ1v) is 4.12. The quantitative estimate of drug-likeness (QED) is 0.808. The van der Waals surface area contributed by atoms with Crippen LogP contribution in [0, 0.1) is 5.41 Å². The van der Waals surface area contributed by atoms with Gasteiger partial charge in [-0.1, -0.05) is 0 Å². The molecule has 0 aliphatic heterocycles. The third-order valence-electron chi connectivity index (χ3n) is 1.88. The molecule has 0 unspecified atom stereocenters. The van der Waals surface area contributed by atoms with Crippen LogP contribution >= 0.6 is 0 Å². The third-order valence-corrected chi connectivity index (χ3v) is 1.88. The van der Waals surface area contributed by atoms with Gasteiger partial charge in [0.25, 0.3) is 6.43 Å². The number of halogens is 2. The minimum absolute atomic E-state index is 0.199. The molecular weight excluding hydrogens is 210 g/mol. The van der Waals surface area contributed by atoms with Crippen molar-refractivity contribution < 1.29 is 18.7 Å². The van der Waals surface area contributed by atoms with Gasteiger partial charge in [0, 0.05) is 0 Å². The Balaban J connectivity index is 2.90.